The number of nitrogens with one attached hydrogen (secondary N) is 2. The van der Waals surface area contributed by atoms with Crippen LogP contribution < -0.4 is 10.6 Å². The van der Waals surface area contributed by atoms with Crippen LogP contribution in [-0.2, 0) is 5.75 Å². The number of hydrogen-bond acceptors (Lipinski definition) is 5. The molecule has 0 bridgehead atoms. The van der Waals surface area contributed by atoms with Crippen molar-refractivity contribution in [2.75, 3.05) is 12.3 Å². The van der Waals surface area contributed by atoms with E-state index in [-0.39, 0.29) is 5.91 Å². The Morgan fingerprint density at radius 1 is 1.14 bits per heavy atom. The molecule has 0 fully saturated rings. The van der Waals surface area contributed by atoms with E-state index in [0.717, 1.165) is 17.3 Å². The van der Waals surface area contributed by atoms with E-state index in [1.807, 2.05) is 18.2 Å². The van der Waals surface area contributed by atoms with Gasteiger partial charge in [-0.05, 0) is 30.4 Å². The summed E-state index contributed by atoms with van der Waals surface area (Å²) in [5, 5.41) is 6.00. The lowest BCUT2D eigenvalue weighted by Crippen LogP contribution is -2.40. The van der Waals surface area contributed by atoms with Crippen molar-refractivity contribution in [2.45, 2.75) is 5.75 Å². The maximum atomic E-state index is 11.9. The molecule has 0 saturated heterocycles. The van der Waals surface area contributed by atoms with Gasteiger partial charge in [0.1, 0.15) is 5.82 Å². The SMILES string of the molecule is O=C(NC(=S)NCCSCc1ncccn1)c1ccccc1. The van der Waals surface area contributed by atoms with Gasteiger partial charge in [0, 0.05) is 30.3 Å². The number of thioether (sulfide) groups is 1. The van der Waals surface area contributed by atoms with Gasteiger partial charge < -0.3 is 5.32 Å². The van der Waals surface area contributed by atoms with Gasteiger partial charge in [-0.2, -0.15) is 11.8 Å². The number of amides is 1. The van der Waals surface area contributed by atoms with Crippen molar-refractivity contribution in [3.63, 3.8) is 0 Å². The lowest BCUT2D eigenvalue weighted by atomic mass is 10.2. The number of benzene rings is 1. The average Bonchev–Trinajstić information content (AvgIpc) is 2.56. The van der Waals surface area contributed by atoms with Crippen LogP contribution in [0.4, 0.5) is 0 Å². The first-order chi connectivity index (χ1) is 10.8. The Bertz CT molecular complexity index is 607. The van der Waals surface area contributed by atoms with Gasteiger partial charge in [0.05, 0.1) is 5.75 Å². The van der Waals surface area contributed by atoms with E-state index in [1.54, 1.807) is 42.4 Å². The number of rotatable bonds is 6. The summed E-state index contributed by atoms with van der Waals surface area (Å²) in [6.07, 6.45) is 3.46. The van der Waals surface area contributed by atoms with Crippen molar-refractivity contribution in [1.82, 2.24) is 20.6 Å². The van der Waals surface area contributed by atoms with Crippen LogP contribution in [0.2, 0.25) is 0 Å². The van der Waals surface area contributed by atoms with Crippen LogP contribution >= 0.6 is 24.0 Å². The minimum atomic E-state index is -0.205. The van der Waals surface area contributed by atoms with Gasteiger partial charge in [-0.25, -0.2) is 9.97 Å². The molecule has 2 aromatic rings. The number of thiocarbonyl (C=S) groups is 1. The van der Waals surface area contributed by atoms with Gasteiger partial charge >= 0.3 is 0 Å². The Labute approximate surface area is 138 Å². The van der Waals surface area contributed by atoms with E-state index in [9.17, 15) is 4.79 Å². The third-order valence-corrected chi connectivity index (χ3v) is 3.85. The fourth-order valence-electron chi connectivity index (χ4n) is 1.61. The standard InChI is InChI=1S/C15H16N4OS2/c20-14(12-5-2-1-3-6-12)19-15(21)18-9-10-22-11-13-16-7-4-8-17-13/h1-8H,9-11H2,(H2,18,19,20,21). The lowest BCUT2D eigenvalue weighted by Gasteiger charge is -2.09. The van der Waals surface area contributed by atoms with Gasteiger partial charge in [0.25, 0.3) is 5.91 Å². The predicted octanol–water partition coefficient (Wildman–Crippen LogP) is 2.01. The summed E-state index contributed by atoms with van der Waals surface area (Å²) >= 11 is 6.80. The molecule has 0 saturated carbocycles. The fraction of sp³-hybridized carbons (Fsp3) is 0.200. The zero-order chi connectivity index (χ0) is 15.6. The van der Waals surface area contributed by atoms with Crippen molar-refractivity contribution in [3.05, 3.63) is 60.2 Å². The Morgan fingerprint density at radius 3 is 2.59 bits per heavy atom. The Kier molecular flexibility index (Phi) is 6.79. The summed E-state index contributed by atoms with van der Waals surface area (Å²) in [5.41, 5.74) is 0.585. The number of hydrogen-bond donors (Lipinski definition) is 2. The number of aromatic nitrogens is 2. The first-order valence-corrected chi connectivity index (χ1v) is 8.30. The average molecular weight is 332 g/mol. The second kappa shape index (κ2) is 9.11. The van der Waals surface area contributed by atoms with E-state index < -0.39 is 0 Å². The van der Waals surface area contributed by atoms with E-state index in [2.05, 4.69) is 20.6 Å². The Morgan fingerprint density at radius 2 is 1.86 bits per heavy atom. The molecule has 0 spiro atoms. The summed E-state index contributed by atoms with van der Waals surface area (Å²) in [5.74, 6) is 2.21. The highest BCUT2D eigenvalue weighted by Gasteiger charge is 2.06. The molecular weight excluding hydrogens is 316 g/mol. The van der Waals surface area contributed by atoms with Crippen LogP contribution in [0.3, 0.4) is 0 Å². The number of carbonyl (C=O) groups excluding carboxylic acids is 1. The smallest absolute Gasteiger partial charge is 0.257 e. The van der Waals surface area contributed by atoms with Gasteiger partial charge in [0.15, 0.2) is 5.11 Å². The molecule has 0 aliphatic rings. The van der Waals surface area contributed by atoms with Crippen molar-refractivity contribution in [1.29, 1.82) is 0 Å². The molecule has 2 rings (SSSR count). The summed E-state index contributed by atoms with van der Waals surface area (Å²) in [6, 6.07) is 10.8. The predicted molar refractivity (Wildman–Crippen MR) is 92.7 cm³/mol. The third kappa shape index (κ3) is 5.79. The molecular formula is C15H16N4OS2. The minimum Gasteiger partial charge on any atom is -0.362 e. The molecule has 7 heteroatoms. The zero-order valence-electron chi connectivity index (χ0n) is 11.9. The quantitative estimate of drug-likeness (QED) is 0.623. The molecule has 0 aliphatic carbocycles. The second-order valence-electron chi connectivity index (χ2n) is 4.29. The third-order valence-electron chi connectivity index (χ3n) is 2.65. The molecule has 1 aromatic carbocycles. The van der Waals surface area contributed by atoms with Gasteiger partial charge in [-0.1, -0.05) is 18.2 Å². The van der Waals surface area contributed by atoms with Crippen LogP contribution in [0.25, 0.3) is 0 Å². The molecule has 0 atom stereocenters. The molecule has 0 aliphatic heterocycles. The summed E-state index contributed by atoms with van der Waals surface area (Å²) < 4.78 is 0. The normalized spacial score (nSPS) is 10.0. The first-order valence-electron chi connectivity index (χ1n) is 6.73. The molecule has 114 valence electrons. The molecule has 1 heterocycles. The molecule has 22 heavy (non-hydrogen) atoms. The number of nitrogens with zero attached hydrogens (tertiary/aromatic N) is 2. The van der Waals surface area contributed by atoms with Gasteiger partial charge in [-0.15, -0.1) is 0 Å². The van der Waals surface area contributed by atoms with Crippen LogP contribution in [0.1, 0.15) is 16.2 Å². The maximum Gasteiger partial charge on any atom is 0.257 e. The molecule has 1 amide bonds. The van der Waals surface area contributed by atoms with Crippen molar-refractivity contribution in [3.8, 4) is 0 Å². The van der Waals surface area contributed by atoms with Crippen LogP contribution in [0, 0.1) is 0 Å². The molecule has 1 aromatic heterocycles. The van der Waals surface area contributed by atoms with E-state index in [4.69, 9.17) is 12.2 Å². The van der Waals surface area contributed by atoms with Gasteiger partial charge in [0.2, 0.25) is 0 Å². The summed E-state index contributed by atoms with van der Waals surface area (Å²) in [7, 11) is 0. The number of carbonyl (C=O) groups is 1. The largest absolute Gasteiger partial charge is 0.362 e. The highest BCUT2D eigenvalue weighted by Crippen LogP contribution is 2.05. The first kappa shape index (κ1) is 16.4. The van der Waals surface area contributed by atoms with E-state index in [1.165, 1.54) is 0 Å². The Balaban J connectivity index is 1.61. The van der Waals surface area contributed by atoms with Crippen molar-refractivity contribution >= 4 is 35.0 Å². The zero-order valence-corrected chi connectivity index (χ0v) is 13.5. The lowest BCUT2D eigenvalue weighted by molar-refractivity contribution is 0.0976. The second-order valence-corrected chi connectivity index (χ2v) is 5.81. The highest BCUT2D eigenvalue weighted by atomic mass is 32.2. The molecule has 0 radical (unpaired) electrons. The maximum absolute atomic E-state index is 11.9. The van der Waals surface area contributed by atoms with E-state index in [0.29, 0.717) is 17.2 Å². The van der Waals surface area contributed by atoms with Crippen LogP contribution in [0.5, 0.6) is 0 Å². The Hall–Kier alpha value is -1.99. The van der Waals surface area contributed by atoms with Crippen molar-refractivity contribution < 1.29 is 4.79 Å². The minimum absolute atomic E-state index is 0.205. The molecule has 2 N–H and O–H groups in total. The topological polar surface area (TPSA) is 66.9 Å². The molecule has 5 nitrogen and oxygen atoms in total. The summed E-state index contributed by atoms with van der Waals surface area (Å²) in [6.45, 7) is 0.672. The molecule has 0 unspecified atom stereocenters. The van der Waals surface area contributed by atoms with E-state index >= 15 is 0 Å². The van der Waals surface area contributed by atoms with Crippen LogP contribution in [-0.4, -0.2) is 33.3 Å². The monoisotopic (exact) mass is 332 g/mol. The van der Waals surface area contributed by atoms with Crippen molar-refractivity contribution in [2.24, 2.45) is 0 Å². The fourth-order valence-corrected chi connectivity index (χ4v) is 2.53. The highest BCUT2D eigenvalue weighted by molar-refractivity contribution is 7.98. The summed E-state index contributed by atoms with van der Waals surface area (Å²) in [4.78, 5) is 20.2. The van der Waals surface area contributed by atoms with Crippen LogP contribution in [0.15, 0.2) is 48.8 Å². The van der Waals surface area contributed by atoms with Gasteiger partial charge in [-0.3, -0.25) is 10.1 Å².